The lowest BCUT2D eigenvalue weighted by atomic mass is 9.60. The Bertz CT molecular complexity index is 3050. The lowest BCUT2D eigenvalue weighted by Gasteiger charge is -2.44. The molecule has 0 N–H and O–H groups in total. The van der Waals surface area contributed by atoms with Gasteiger partial charge in [0, 0.05) is 57.5 Å². The number of anilines is 3. The van der Waals surface area contributed by atoms with Crippen molar-refractivity contribution in [3.05, 3.63) is 197 Å². The number of aromatic nitrogens is 4. The van der Waals surface area contributed by atoms with Crippen molar-refractivity contribution in [1.29, 1.82) is 0 Å². The van der Waals surface area contributed by atoms with E-state index >= 15 is 0 Å². The molecule has 0 fully saturated rings. The molecule has 284 valence electrons. The Hall–Kier alpha value is -6.85. The molecule has 1 aliphatic heterocycles. The van der Waals surface area contributed by atoms with Crippen LogP contribution in [0.1, 0.15) is 67.7 Å². The van der Waals surface area contributed by atoms with Gasteiger partial charge in [-0.2, -0.15) is 0 Å². The van der Waals surface area contributed by atoms with Crippen molar-refractivity contribution in [3.8, 4) is 39.6 Å². The van der Waals surface area contributed by atoms with Crippen molar-refractivity contribution < 1.29 is 0 Å². The van der Waals surface area contributed by atoms with Crippen LogP contribution >= 0.6 is 0 Å². The van der Waals surface area contributed by atoms with Gasteiger partial charge in [0.25, 0.3) is 0 Å². The van der Waals surface area contributed by atoms with Gasteiger partial charge in [0.1, 0.15) is 5.82 Å². The van der Waals surface area contributed by atoms with E-state index in [0.29, 0.717) is 5.82 Å². The molecular weight excluding hydrogens is 719 g/mol. The molecule has 8 aromatic rings. The predicted octanol–water partition coefficient (Wildman–Crippen LogP) is 13.2. The number of fused-ring (bicyclic) bond motifs is 9. The number of nitrogens with zero attached hydrogens (tertiary/aromatic N) is 5. The third-order valence-electron chi connectivity index (χ3n) is 13.7. The Balaban J connectivity index is 1.19. The highest BCUT2D eigenvalue weighted by atomic mass is 15.1. The predicted molar refractivity (Wildman–Crippen MR) is 240 cm³/mol. The number of hydrogen-bond donors (Lipinski definition) is 0. The van der Waals surface area contributed by atoms with Gasteiger partial charge in [0.15, 0.2) is 11.6 Å². The van der Waals surface area contributed by atoms with Crippen LogP contribution in [0.3, 0.4) is 0 Å². The summed E-state index contributed by atoms with van der Waals surface area (Å²) in [5.41, 5.74) is 18.3. The zero-order valence-corrected chi connectivity index (χ0v) is 33.7. The molecule has 59 heavy (non-hydrogen) atoms. The molecule has 0 spiro atoms. The van der Waals surface area contributed by atoms with Crippen molar-refractivity contribution >= 4 is 28.0 Å². The van der Waals surface area contributed by atoms with Gasteiger partial charge in [0.2, 0.25) is 0 Å². The number of para-hydroxylation sites is 2. The molecule has 4 aliphatic rings. The average Bonchev–Trinajstić information content (AvgIpc) is 3.84. The summed E-state index contributed by atoms with van der Waals surface area (Å²) in [6, 6.07) is 52.7. The molecule has 3 aliphatic carbocycles. The summed E-state index contributed by atoms with van der Waals surface area (Å²) < 4.78 is 2.64. The van der Waals surface area contributed by atoms with Crippen LogP contribution in [0, 0.1) is 5.92 Å². The number of allylic oxidation sites excluding steroid dienone is 4. The van der Waals surface area contributed by atoms with Crippen LogP contribution in [0.4, 0.5) is 17.1 Å². The Morgan fingerprint density at radius 3 is 1.98 bits per heavy atom. The van der Waals surface area contributed by atoms with Crippen molar-refractivity contribution in [2.75, 3.05) is 4.90 Å². The molecule has 0 radical (unpaired) electrons. The Kier molecular flexibility index (Phi) is 7.29. The Morgan fingerprint density at radius 1 is 0.610 bits per heavy atom. The van der Waals surface area contributed by atoms with E-state index in [1.165, 1.54) is 61.2 Å². The van der Waals surface area contributed by atoms with Gasteiger partial charge in [0.05, 0.1) is 16.6 Å². The summed E-state index contributed by atoms with van der Waals surface area (Å²) in [4.78, 5) is 18.6. The molecule has 12 rings (SSSR count). The minimum absolute atomic E-state index is 0.0666. The van der Waals surface area contributed by atoms with E-state index in [2.05, 4.69) is 195 Å². The summed E-state index contributed by atoms with van der Waals surface area (Å²) in [5.74, 6) is 2.72. The van der Waals surface area contributed by atoms with Crippen LogP contribution in [0.5, 0.6) is 0 Å². The molecule has 0 saturated heterocycles. The lowest BCUT2D eigenvalue weighted by molar-refractivity contribution is 0.512. The minimum atomic E-state index is -0.571. The highest BCUT2D eigenvalue weighted by Gasteiger charge is 2.47. The van der Waals surface area contributed by atoms with Crippen molar-refractivity contribution in [2.24, 2.45) is 5.92 Å². The molecule has 5 heteroatoms. The standard InChI is InChI=1S/C54H43N5/c1-32-28-29-54(4)49-34(3)50-48(33(2)47(32)49)44-30-38(58(36-18-10-6-11-19-36)37-20-12-7-13-21-37)26-27-46(44)59(50)45-25-15-23-40-39-22-14-24-41(42(39)31-43(40)45)52-55-51(56-53(54)57-52)35-16-8-5-9-17-35/h5-30,32-34H,31H2,1-4H3. The lowest BCUT2D eigenvalue weighted by Crippen LogP contribution is -2.37. The quantitative estimate of drug-likeness (QED) is 0.168. The summed E-state index contributed by atoms with van der Waals surface area (Å²) in [6.45, 7) is 9.61. The number of hydrogen-bond acceptors (Lipinski definition) is 4. The van der Waals surface area contributed by atoms with Crippen LogP contribution in [0.15, 0.2) is 169 Å². The van der Waals surface area contributed by atoms with E-state index in [1.54, 1.807) is 0 Å². The first kappa shape index (κ1) is 34.2. The smallest absolute Gasteiger partial charge is 0.164 e. The van der Waals surface area contributed by atoms with Gasteiger partial charge >= 0.3 is 0 Å². The van der Waals surface area contributed by atoms with E-state index < -0.39 is 5.41 Å². The molecule has 6 aromatic carbocycles. The van der Waals surface area contributed by atoms with E-state index in [1.807, 2.05) is 0 Å². The molecule has 4 unspecified atom stereocenters. The maximum atomic E-state index is 5.52. The zero-order chi connectivity index (χ0) is 39.6. The molecule has 6 bridgehead atoms. The molecular formula is C54H43N5. The van der Waals surface area contributed by atoms with Crippen LogP contribution in [0.2, 0.25) is 0 Å². The zero-order valence-electron chi connectivity index (χ0n) is 33.7. The van der Waals surface area contributed by atoms with Gasteiger partial charge in [-0.3, -0.25) is 0 Å². The first-order valence-electron chi connectivity index (χ1n) is 21.0. The van der Waals surface area contributed by atoms with Crippen molar-refractivity contribution in [2.45, 2.75) is 51.4 Å². The second-order valence-corrected chi connectivity index (χ2v) is 17.0. The topological polar surface area (TPSA) is 46.8 Å². The van der Waals surface area contributed by atoms with E-state index in [-0.39, 0.29) is 17.8 Å². The SMILES string of the molecule is CC1C=CC2(C)C3=C1C(C)c1c(n(c4ccc(N(c5ccccc5)c5ccccc5)cc14)-c1cccc4c1Cc1c(cccc1-4)-c1nc(-c4ccccc4)nc2n1)C3C. The van der Waals surface area contributed by atoms with Gasteiger partial charge in [-0.25, -0.2) is 15.0 Å². The molecule has 3 heterocycles. The van der Waals surface area contributed by atoms with E-state index in [4.69, 9.17) is 15.0 Å². The Labute approximate surface area is 345 Å². The van der Waals surface area contributed by atoms with E-state index in [9.17, 15) is 0 Å². The van der Waals surface area contributed by atoms with Crippen LogP contribution in [-0.2, 0) is 11.8 Å². The summed E-state index contributed by atoms with van der Waals surface area (Å²) in [6.07, 6.45) is 5.61. The molecule has 2 aromatic heterocycles. The second kappa shape index (κ2) is 12.6. The van der Waals surface area contributed by atoms with Gasteiger partial charge in [-0.05, 0) is 94.8 Å². The fourth-order valence-corrected chi connectivity index (χ4v) is 11.2. The molecule has 4 atom stereocenters. The maximum Gasteiger partial charge on any atom is 0.164 e. The first-order valence-corrected chi connectivity index (χ1v) is 21.0. The third kappa shape index (κ3) is 4.82. The number of benzene rings is 6. The fraction of sp³-hybridized carbons (Fsp3) is 0.167. The van der Waals surface area contributed by atoms with Gasteiger partial charge in [-0.15, -0.1) is 0 Å². The fourth-order valence-electron chi connectivity index (χ4n) is 11.2. The van der Waals surface area contributed by atoms with Crippen molar-refractivity contribution in [3.63, 3.8) is 0 Å². The maximum absolute atomic E-state index is 5.52. The Morgan fingerprint density at radius 2 is 1.25 bits per heavy atom. The van der Waals surface area contributed by atoms with Crippen LogP contribution in [-0.4, -0.2) is 19.5 Å². The average molecular weight is 762 g/mol. The summed E-state index contributed by atoms with van der Waals surface area (Å²) in [7, 11) is 0. The minimum Gasteiger partial charge on any atom is -0.312 e. The van der Waals surface area contributed by atoms with Gasteiger partial charge in [-0.1, -0.05) is 136 Å². The third-order valence-corrected chi connectivity index (χ3v) is 13.7. The van der Waals surface area contributed by atoms with Gasteiger partial charge < -0.3 is 9.47 Å². The molecule has 0 amide bonds. The highest BCUT2D eigenvalue weighted by Crippen LogP contribution is 2.58. The van der Waals surface area contributed by atoms with Crippen LogP contribution in [0.25, 0.3) is 50.5 Å². The molecule has 5 nitrogen and oxygen atoms in total. The first-order chi connectivity index (χ1) is 28.9. The van der Waals surface area contributed by atoms with Crippen LogP contribution < -0.4 is 4.90 Å². The van der Waals surface area contributed by atoms with E-state index in [0.717, 1.165) is 46.3 Å². The number of rotatable bonds is 4. The van der Waals surface area contributed by atoms with Crippen molar-refractivity contribution in [1.82, 2.24) is 19.5 Å². The largest absolute Gasteiger partial charge is 0.312 e. The normalized spacial score (nSPS) is 20.6. The summed E-state index contributed by atoms with van der Waals surface area (Å²) in [5, 5.41) is 1.30. The highest BCUT2D eigenvalue weighted by molar-refractivity contribution is 5.96. The monoisotopic (exact) mass is 761 g/mol. The molecule has 0 saturated carbocycles. The summed E-state index contributed by atoms with van der Waals surface area (Å²) >= 11 is 0. The second-order valence-electron chi connectivity index (χ2n) is 17.0.